The zero-order chi connectivity index (χ0) is 10.1. The molecule has 0 amide bonds. The van der Waals surface area contributed by atoms with Crippen LogP contribution in [0.5, 0.6) is 0 Å². The van der Waals surface area contributed by atoms with Gasteiger partial charge in [-0.3, -0.25) is 0 Å². The Morgan fingerprint density at radius 3 is 2.00 bits per heavy atom. The van der Waals surface area contributed by atoms with Crippen LogP contribution in [0.4, 0.5) is 0 Å². The van der Waals surface area contributed by atoms with Crippen molar-refractivity contribution in [2.45, 2.75) is 52.4 Å². The Balaban J connectivity index is 3.79. The third-order valence-corrected chi connectivity index (χ3v) is 2.82. The number of unbranched alkanes of at least 4 members (excludes halogenated alkanes) is 2. The molecule has 0 heterocycles. The van der Waals surface area contributed by atoms with Crippen LogP contribution in [0.3, 0.4) is 0 Å². The Labute approximate surface area is 95.1 Å². The van der Waals surface area contributed by atoms with Gasteiger partial charge in [0.05, 0.1) is 0 Å². The van der Waals surface area contributed by atoms with Crippen LogP contribution in [0.2, 0.25) is 0 Å². The van der Waals surface area contributed by atoms with Crippen LogP contribution in [0.1, 0.15) is 52.4 Å². The van der Waals surface area contributed by atoms with Gasteiger partial charge in [-0.1, -0.05) is 0 Å². The summed E-state index contributed by atoms with van der Waals surface area (Å²) in [4.78, 5) is 11.3. The Bertz CT molecular complexity index is 129. The fourth-order valence-corrected chi connectivity index (χ4v) is 1.84. The summed E-state index contributed by atoms with van der Waals surface area (Å²) in [7, 11) is 0. The molecule has 0 spiro atoms. The molecule has 0 aromatic rings. The van der Waals surface area contributed by atoms with Crippen LogP contribution in [-0.2, 0) is 7.87 Å². The molecule has 0 unspecified atom stereocenters. The molecule has 0 aliphatic heterocycles. The van der Waals surface area contributed by atoms with Gasteiger partial charge in [-0.25, -0.2) is 0 Å². The molecule has 3 radical (unpaired) electrons. The number of hydrogen-bond donors (Lipinski definition) is 0. The van der Waals surface area contributed by atoms with E-state index in [2.05, 4.69) is 13.8 Å². The predicted molar refractivity (Wildman–Crippen MR) is 54.4 cm³/mol. The Morgan fingerprint density at radius 2 is 1.69 bits per heavy atom. The second kappa shape index (κ2) is 8.85. The van der Waals surface area contributed by atoms with Crippen LogP contribution < -0.4 is 0 Å². The Kier molecular flexibility index (Phi) is 9.03. The molecule has 0 aliphatic carbocycles. The van der Waals surface area contributed by atoms with E-state index in [-0.39, 0.29) is 11.9 Å². The minimum absolute atomic E-state index is 0.0140. The first-order valence-corrected chi connectivity index (χ1v) is 6.30. The van der Waals surface area contributed by atoms with Crippen molar-refractivity contribution in [3.8, 4) is 0 Å². The van der Waals surface area contributed by atoms with E-state index in [0.29, 0.717) is 0 Å². The van der Waals surface area contributed by atoms with Crippen molar-refractivity contribution in [3.05, 3.63) is 0 Å². The molecule has 0 N–H and O–H groups in total. The third kappa shape index (κ3) is 6.35. The van der Waals surface area contributed by atoms with Crippen molar-refractivity contribution in [2.24, 2.45) is 5.92 Å². The number of carbonyl (C=O) groups excluding carboxylic acids is 1. The van der Waals surface area contributed by atoms with Crippen molar-refractivity contribution < 1.29 is 7.87 Å². The van der Waals surface area contributed by atoms with Crippen molar-refractivity contribution in [3.63, 3.8) is 0 Å². The number of hydrogen-bond acceptors (Lipinski definition) is 2. The van der Waals surface area contributed by atoms with Crippen LogP contribution in [-0.4, -0.2) is 28.9 Å². The molecule has 0 atom stereocenters. The van der Waals surface area contributed by atoms with E-state index in [1.54, 1.807) is 0 Å². The molecule has 75 valence electrons. The van der Waals surface area contributed by atoms with Gasteiger partial charge in [0.1, 0.15) is 0 Å². The maximum absolute atomic E-state index is 11.3. The molecule has 0 aromatic carbocycles. The van der Waals surface area contributed by atoms with E-state index < -0.39 is 0 Å². The zero-order valence-corrected chi connectivity index (χ0v) is 11.5. The van der Waals surface area contributed by atoms with Gasteiger partial charge in [0, 0.05) is 0 Å². The molecule has 2 nitrogen and oxygen atoms in total. The van der Waals surface area contributed by atoms with E-state index in [1.807, 2.05) is 0 Å². The number of carbonyl (C=O) groups is 1. The molecule has 0 saturated carbocycles. The first-order valence-electron chi connectivity index (χ1n) is 5.13. The average molecular weight is 290 g/mol. The van der Waals surface area contributed by atoms with Gasteiger partial charge < -0.3 is 0 Å². The second-order valence-corrected chi connectivity index (χ2v) is 3.99. The summed E-state index contributed by atoms with van der Waals surface area (Å²) >= 11 is 0.870. The van der Waals surface area contributed by atoms with Crippen molar-refractivity contribution >= 4 is 28.9 Å². The summed E-state index contributed by atoms with van der Waals surface area (Å²) in [5, 5.41) is 0. The van der Waals surface area contributed by atoms with Crippen LogP contribution in [0.15, 0.2) is 0 Å². The quantitative estimate of drug-likeness (QED) is 0.674. The van der Waals surface area contributed by atoms with Crippen molar-refractivity contribution in [2.75, 3.05) is 0 Å². The zero-order valence-electron chi connectivity index (χ0n) is 8.64. The molecule has 0 saturated heterocycles. The SMILES string of the molecule is CCCCC(CCCC)C(=O)[O][Sn]. The summed E-state index contributed by atoms with van der Waals surface area (Å²) in [6.07, 6.45) is 6.60. The fraction of sp³-hybridized carbons (Fsp3) is 0.900. The van der Waals surface area contributed by atoms with Gasteiger partial charge in [0.25, 0.3) is 0 Å². The maximum atomic E-state index is 11.3. The van der Waals surface area contributed by atoms with Crippen LogP contribution in [0.25, 0.3) is 0 Å². The standard InChI is InChI=1S/C10H20O2.Sn/c1-3-5-7-9(10(11)12)8-6-4-2;/h9H,3-8H2,1-2H3,(H,11,12);/q;+1/p-1. The van der Waals surface area contributed by atoms with Gasteiger partial charge in [0.2, 0.25) is 0 Å². The first kappa shape index (κ1) is 13.3. The molecule has 0 rings (SSSR count). The summed E-state index contributed by atoms with van der Waals surface area (Å²) in [6.45, 7) is 4.31. The van der Waals surface area contributed by atoms with Crippen LogP contribution >= 0.6 is 0 Å². The van der Waals surface area contributed by atoms with Crippen LogP contribution in [0, 0.1) is 5.92 Å². The van der Waals surface area contributed by atoms with Gasteiger partial charge >= 0.3 is 95.1 Å². The molecular formula is C10H19O2Sn. The van der Waals surface area contributed by atoms with Crippen molar-refractivity contribution in [1.82, 2.24) is 0 Å². The molecule has 0 fully saturated rings. The second-order valence-electron chi connectivity index (χ2n) is 3.40. The molecule has 13 heavy (non-hydrogen) atoms. The molecule has 0 aromatic heterocycles. The molecule has 3 heteroatoms. The number of rotatable bonds is 7. The summed E-state index contributed by atoms with van der Waals surface area (Å²) < 4.78 is 4.86. The third-order valence-electron chi connectivity index (χ3n) is 2.25. The normalized spacial score (nSPS) is 10.5. The minimum atomic E-state index is 0.0140. The van der Waals surface area contributed by atoms with E-state index in [9.17, 15) is 4.79 Å². The Morgan fingerprint density at radius 1 is 1.23 bits per heavy atom. The molecule has 0 aliphatic rings. The van der Waals surface area contributed by atoms with Crippen molar-refractivity contribution in [1.29, 1.82) is 0 Å². The van der Waals surface area contributed by atoms with E-state index in [1.165, 1.54) is 0 Å². The van der Waals surface area contributed by atoms with Gasteiger partial charge in [-0.05, 0) is 0 Å². The van der Waals surface area contributed by atoms with E-state index in [0.717, 1.165) is 61.5 Å². The summed E-state index contributed by atoms with van der Waals surface area (Å²) in [6, 6.07) is 0. The fourth-order valence-electron chi connectivity index (χ4n) is 1.36. The van der Waals surface area contributed by atoms with E-state index >= 15 is 0 Å². The molecule has 0 bridgehead atoms. The van der Waals surface area contributed by atoms with Gasteiger partial charge in [0.15, 0.2) is 0 Å². The van der Waals surface area contributed by atoms with Gasteiger partial charge in [-0.15, -0.1) is 0 Å². The average Bonchev–Trinajstić information content (AvgIpc) is 2.17. The topological polar surface area (TPSA) is 26.3 Å². The molecular weight excluding hydrogens is 271 g/mol. The predicted octanol–water partition coefficient (Wildman–Crippen LogP) is 2.61. The monoisotopic (exact) mass is 291 g/mol. The Hall–Kier alpha value is 0.269. The summed E-state index contributed by atoms with van der Waals surface area (Å²) in [5.41, 5.74) is 0. The first-order chi connectivity index (χ1) is 6.26. The van der Waals surface area contributed by atoms with E-state index in [4.69, 9.17) is 3.07 Å². The van der Waals surface area contributed by atoms with Gasteiger partial charge in [-0.2, -0.15) is 0 Å². The summed E-state index contributed by atoms with van der Waals surface area (Å²) in [5.74, 6) is 0.180.